The number of aromatic nitrogens is 2. The molecule has 1 aromatic heterocycles. The van der Waals surface area contributed by atoms with Gasteiger partial charge in [-0.15, -0.1) is 0 Å². The molecule has 1 N–H and O–H groups in total. The van der Waals surface area contributed by atoms with E-state index in [-0.39, 0.29) is 11.6 Å². The topological polar surface area (TPSA) is 81.5 Å². The van der Waals surface area contributed by atoms with E-state index in [1.807, 2.05) is 6.92 Å². The van der Waals surface area contributed by atoms with Crippen molar-refractivity contribution in [2.45, 2.75) is 6.92 Å². The molecule has 0 aliphatic rings. The van der Waals surface area contributed by atoms with Crippen molar-refractivity contribution >= 4 is 5.97 Å². The van der Waals surface area contributed by atoms with E-state index < -0.39 is 5.97 Å². The van der Waals surface area contributed by atoms with Gasteiger partial charge in [0.05, 0.1) is 19.0 Å². The Bertz CT molecular complexity index is 586. The lowest BCUT2D eigenvalue weighted by Gasteiger charge is -2.07. The van der Waals surface area contributed by atoms with E-state index in [0.717, 1.165) is 6.20 Å². The van der Waals surface area contributed by atoms with Gasteiger partial charge in [-0.3, -0.25) is 4.98 Å². The Balaban J connectivity index is 2.18. The molecular weight excluding hydrogens is 248 g/mol. The fourth-order valence-electron chi connectivity index (χ4n) is 1.42. The Labute approximate surface area is 109 Å². The number of benzene rings is 1. The third kappa shape index (κ3) is 3.41. The van der Waals surface area contributed by atoms with Crippen LogP contribution in [0.4, 0.5) is 0 Å². The second-order valence-electron chi connectivity index (χ2n) is 3.56. The van der Waals surface area contributed by atoms with Crippen LogP contribution in [0, 0.1) is 0 Å². The van der Waals surface area contributed by atoms with Crippen LogP contribution < -0.4 is 9.47 Å². The summed E-state index contributed by atoms with van der Waals surface area (Å²) in [5, 5.41) is 8.81. The number of nitrogens with zero attached hydrogens (tertiary/aromatic N) is 2. The summed E-state index contributed by atoms with van der Waals surface area (Å²) in [6, 6.07) is 6.99. The lowest BCUT2D eigenvalue weighted by molar-refractivity contribution is 0.0689. The number of carboxylic acid groups (broad SMARTS) is 1. The molecule has 6 heteroatoms. The molecule has 6 nitrogen and oxygen atoms in total. The Hall–Kier alpha value is -2.63. The average Bonchev–Trinajstić information content (AvgIpc) is 2.40. The third-order valence-electron chi connectivity index (χ3n) is 2.17. The number of ether oxygens (including phenoxy) is 2. The monoisotopic (exact) mass is 260 g/mol. The van der Waals surface area contributed by atoms with Gasteiger partial charge in [-0.05, 0) is 19.1 Å². The van der Waals surface area contributed by atoms with E-state index >= 15 is 0 Å². The van der Waals surface area contributed by atoms with Gasteiger partial charge in [0.1, 0.15) is 11.5 Å². The van der Waals surface area contributed by atoms with Crippen LogP contribution in [0.2, 0.25) is 0 Å². The van der Waals surface area contributed by atoms with Crippen LogP contribution in [0.3, 0.4) is 0 Å². The van der Waals surface area contributed by atoms with E-state index in [4.69, 9.17) is 14.6 Å². The van der Waals surface area contributed by atoms with E-state index in [2.05, 4.69) is 9.97 Å². The van der Waals surface area contributed by atoms with Crippen LogP contribution >= 0.6 is 0 Å². The molecule has 0 bridgehead atoms. The van der Waals surface area contributed by atoms with Crippen molar-refractivity contribution in [2.24, 2.45) is 0 Å². The number of aromatic carboxylic acids is 1. The molecule has 2 aromatic rings. The van der Waals surface area contributed by atoms with Gasteiger partial charge in [-0.1, -0.05) is 6.07 Å². The van der Waals surface area contributed by atoms with Gasteiger partial charge in [0.25, 0.3) is 0 Å². The maximum absolute atomic E-state index is 10.8. The number of hydrogen-bond donors (Lipinski definition) is 1. The summed E-state index contributed by atoms with van der Waals surface area (Å²) in [5.74, 6) is 0.139. The maximum atomic E-state index is 10.8. The largest absolute Gasteiger partial charge is 0.494 e. The first-order valence-corrected chi connectivity index (χ1v) is 5.65. The van der Waals surface area contributed by atoms with E-state index in [1.165, 1.54) is 6.20 Å². The Kier molecular flexibility index (Phi) is 3.92. The Morgan fingerprint density at radius 2 is 2.11 bits per heavy atom. The van der Waals surface area contributed by atoms with Crippen molar-refractivity contribution in [3.8, 4) is 17.4 Å². The highest BCUT2D eigenvalue weighted by molar-refractivity contribution is 5.84. The van der Waals surface area contributed by atoms with E-state index in [0.29, 0.717) is 18.1 Å². The highest BCUT2D eigenvalue weighted by atomic mass is 16.5. The van der Waals surface area contributed by atoms with E-state index in [9.17, 15) is 4.79 Å². The molecule has 0 aliphatic carbocycles. The molecule has 0 atom stereocenters. The molecule has 0 amide bonds. The zero-order chi connectivity index (χ0) is 13.7. The van der Waals surface area contributed by atoms with Crippen molar-refractivity contribution < 1.29 is 19.4 Å². The average molecular weight is 260 g/mol. The minimum Gasteiger partial charge on any atom is -0.494 e. The van der Waals surface area contributed by atoms with Crippen LogP contribution in [0.15, 0.2) is 36.7 Å². The zero-order valence-corrected chi connectivity index (χ0v) is 10.2. The summed E-state index contributed by atoms with van der Waals surface area (Å²) in [6.45, 7) is 2.44. The maximum Gasteiger partial charge on any atom is 0.356 e. The van der Waals surface area contributed by atoms with Crippen molar-refractivity contribution in [1.29, 1.82) is 0 Å². The molecular formula is C13H12N2O4. The molecule has 0 radical (unpaired) electrons. The molecule has 1 aromatic carbocycles. The normalized spacial score (nSPS) is 9.95. The van der Waals surface area contributed by atoms with Crippen molar-refractivity contribution in [2.75, 3.05) is 6.61 Å². The first-order valence-electron chi connectivity index (χ1n) is 5.65. The molecule has 2 rings (SSSR count). The van der Waals surface area contributed by atoms with Gasteiger partial charge >= 0.3 is 5.97 Å². The van der Waals surface area contributed by atoms with Gasteiger partial charge in [-0.2, -0.15) is 0 Å². The molecule has 0 unspecified atom stereocenters. The summed E-state index contributed by atoms with van der Waals surface area (Å²) in [7, 11) is 0. The minimum atomic E-state index is -1.15. The molecule has 19 heavy (non-hydrogen) atoms. The molecule has 98 valence electrons. The predicted octanol–water partition coefficient (Wildman–Crippen LogP) is 2.37. The van der Waals surface area contributed by atoms with Crippen LogP contribution in [-0.4, -0.2) is 27.7 Å². The summed E-state index contributed by atoms with van der Waals surface area (Å²) < 4.78 is 10.8. The lowest BCUT2D eigenvalue weighted by Crippen LogP contribution is -2.02. The van der Waals surface area contributed by atoms with Gasteiger partial charge in [0.15, 0.2) is 5.69 Å². The van der Waals surface area contributed by atoms with Crippen LogP contribution in [0.25, 0.3) is 0 Å². The molecule has 0 fully saturated rings. The summed E-state index contributed by atoms with van der Waals surface area (Å²) in [4.78, 5) is 18.3. The smallest absolute Gasteiger partial charge is 0.356 e. The number of carbonyl (C=O) groups is 1. The van der Waals surface area contributed by atoms with Gasteiger partial charge in [-0.25, -0.2) is 9.78 Å². The quantitative estimate of drug-likeness (QED) is 0.888. The van der Waals surface area contributed by atoms with Crippen LogP contribution in [0.5, 0.6) is 17.4 Å². The first-order chi connectivity index (χ1) is 9.19. The fourth-order valence-corrected chi connectivity index (χ4v) is 1.42. The second-order valence-corrected chi connectivity index (χ2v) is 3.56. The highest BCUT2D eigenvalue weighted by Gasteiger charge is 2.07. The lowest BCUT2D eigenvalue weighted by atomic mass is 10.3. The standard InChI is InChI=1S/C13H12N2O4/c1-2-18-9-4-3-5-10(6-9)19-12-8-14-7-11(15-12)13(16)17/h3-8H,2H2,1H3,(H,16,17). The van der Waals surface area contributed by atoms with Crippen molar-refractivity contribution in [1.82, 2.24) is 9.97 Å². The van der Waals surface area contributed by atoms with Gasteiger partial charge in [0.2, 0.25) is 5.88 Å². The van der Waals surface area contributed by atoms with Gasteiger partial charge < -0.3 is 14.6 Å². The molecule has 0 saturated carbocycles. The number of rotatable bonds is 5. The van der Waals surface area contributed by atoms with Crippen molar-refractivity contribution in [3.05, 3.63) is 42.4 Å². The predicted molar refractivity (Wildman–Crippen MR) is 66.7 cm³/mol. The molecule has 1 heterocycles. The second kappa shape index (κ2) is 5.81. The third-order valence-corrected chi connectivity index (χ3v) is 2.17. The van der Waals surface area contributed by atoms with Crippen LogP contribution in [0.1, 0.15) is 17.4 Å². The van der Waals surface area contributed by atoms with Crippen molar-refractivity contribution in [3.63, 3.8) is 0 Å². The molecule has 0 saturated heterocycles. The minimum absolute atomic E-state index is 0.119. The SMILES string of the molecule is CCOc1cccc(Oc2cncc(C(=O)O)n2)c1. The zero-order valence-electron chi connectivity index (χ0n) is 10.2. The summed E-state index contributed by atoms with van der Waals surface area (Å²) in [5.41, 5.74) is -0.168. The fraction of sp³-hybridized carbons (Fsp3) is 0.154. The Morgan fingerprint density at radius 3 is 2.84 bits per heavy atom. The van der Waals surface area contributed by atoms with Gasteiger partial charge in [0, 0.05) is 6.07 Å². The number of carboxylic acids is 1. The number of hydrogen-bond acceptors (Lipinski definition) is 5. The van der Waals surface area contributed by atoms with Crippen LogP contribution in [-0.2, 0) is 0 Å². The highest BCUT2D eigenvalue weighted by Crippen LogP contribution is 2.23. The molecule has 0 aliphatic heterocycles. The summed E-state index contributed by atoms with van der Waals surface area (Å²) in [6.07, 6.45) is 2.51. The Morgan fingerprint density at radius 1 is 1.32 bits per heavy atom. The summed E-state index contributed by atoms with van der Waals surface area (Å²) >= 11 is 0. The first kappa shape index (κ1) is 12.8. The van der Waals surface area contributed by atoms with E-state index in [1.54, 1.807) is 24.3 Å². The molecule has 0 spiro atoms.